The molecule has 1 unspecified atom stereocenters. The molecular formula is C27H29ClN8O2. The van der Waals surface area contributed by atoms with Crippen LogP contribution in [-0.2, 0) is 17.9 Å². The molecule has 1 fully saturated rings. The van der Waals surface area contributed by atoms with Crippen LogP contribution in [-0.4, -0.2) is 68.1 Å². The average Bonchev–Trinajstić information content (AvgIpc) is 3.48. The Morgan fingerprint density at radius 1 is 1.11 bits per heavy atom. The van der Waals surface area contributed by atoms with Crippen LogP contribution < -0.4 is 15.0 Å². The van der Waals surface area contributed by atoms with Gasteiger partial charge in [-0.15, -0.1) is 0 Å². The van der Waals surface area contributed by atoms with Crippen LogP contribution in [0.3, 0.4) is 0 Å². The first-order chi connectivity index (χ1) is 18.6. The predicted molar refractivity (Wildman–Crippen MR) is 144 cm³/mol. The van der Waals surface area contributed by atoms with Crippen molar-refractivity contribution in [2.45, 2.75) is 25.6 Å². The number of ether oxygens (including phenoxy) is 1. The lowest BCUT2D eigenvalue weighted by molar-refractivity contribution is -0.121. The molecule has 5 rings (SSSR count). The summed E-state index contributed by atoms with van der Waals surface area (Å²) in [5.41, 5.74) is 2.11. The number of halogens is 1. The molecule has 1 N–H and O–H groups in total. The van der Waals surface area contributed by atoms with E-state index < -0.39 is 0 Å². The molecule has 4 heterocycles. The lowest BCUT2D eigenvalue weighted by Crippen LogP contribution is -2.54. The van der Waals surface area contributed by atoms with E-state index in [0.29, 0.717) is 43.0 Å². The highest BCUT2D eigenvalue weighted by molar-refractivity contribution is 6.29. The van der Waals surface area contributed by atoms with Gasteiger partial charge in [0, 0.05) is 70.0 Å². The van der Waals surface area contributed by atoms with E-state index in [0.717, 1.165) is 30.0 Å². The highest BCUT2D eigenvalue weighted by atomic mass is 35.5. The summed E-state index contributed by atoms with van der Waals surface area (Å²) < 4.78 is 7.01. The molecular weight excluding hydrogens is 504 g/mol. The monoisotopic (exact) mass is 532 g/mol. The Hall–Kier alpha value is -4.02. The van der Waals surface area contributed by atoms with Gasteiger partial charge in [0.2, 0.25) is 11.9 Å². The Balaban J connectivity index is 1.34. The number of methoxy groups -OCH3 is 1. The molecule has 10 nitrogen and oxygen atoms in total. The number of pyridine rings is 1. The number of nitrogens with one attached hydrogen (secondary N) is 1. The number of hydrogen-bond donors (Lipinski definition) is 1. The number of amides is 1. The van der Waals surface area contributed by atoms with Crippen molar-refractivity contribution in [2.75, 3.05) is 31.6 Å². The van der Waals surface area contributed by atoms with Gasteiger partial charge in [0.1, 0.15) is 23.0 Å². The van der Waals surface area contributed by atoms with Gasteiger partial charge in [-0.25, -0.2) is 9.97 Å². The van der Waals surface area contributed by atoms with Gasteiger partial charge in [-0.05, 0) is 29.3 Å². The van der Waals surface area contributed by atoms with Crippen molar-refractivity contribution in [3.8, 4) is 11.7 Å². The summed E-state index contributed by atoms with van der Waals surface area (Å²) in [6, 6.07) is 13.3. The topological polar surface area (TPSA) is 101 Å². The van der Waals surface area contributed by atoms with E-state index in [-0.39, 0.29) is 11.9 Å². The normalized spacial score (nSPS) is 15.8. The van der Waals surface area contributed by atoms with Gasteiger partial charge >= 0.3 is 0 Å². The van der Waals surface area contributed by atoms with Crippen molar-refractivity contribution in [1.82, 2.24) is 34.7 Å². The van der Waals surface area contributed by atoms with Crippen LogP contribution in [0.4, 0.5) is 5.82 Å². The number of piperazine rings is 1. The highest BCUT2D eigenvalue weighted by Gasteiger charge is 2.30. The van der Waals surface area contributed by atoms with Gasteiger partial charge in [0.05, 0.1) is 13.2 Å². The zero-order valence-corrected chi connectivity index (χ0v) is 21.8. The fraction of sp³-hybridized carbons (Fsp3) is 0.296. The second kappa shape index (κ2) is 12.0. The number of hydrogen-bond acceptors (Lipinski definition) is 8. The molecule has 0 radical (unpaired) electrons. The minimum absolute atomic E-state index is 0.0407. The first kappa shape index (κ1) is 25.6. The maximum atomic E-state index is 13.1. The summed E-state index contributed by atoms with van der Waals surface area (Å²) in [6.45, 7) is 3.36. The SMILES string of the molecule is COc1cccc(CNC(=O)CC2CN(Cc3cccnc3)CCN2c2cc(Cl)nc(-n3ccnc3)n2)c1. The van der Waals surface area contributed by atoms with E-state index in [1.54, 1.807) is 42.7 Å². The maximum absolute atomic E-state index is 13.1. The molecule has 1 aliphatic heterocycles. The fourth-order valence-corrected chi connectivity index (χ4v) is 4.77. The van der Waals surface area contributed by atoms with Gasteiger partial charge in [0.25, 0.3) is 0 Å². The zero-order valence-electron chi connectivity index (χ0n) is 21.1. The van der Waals surface area contributed by atoms with Gasteiger partial charge in [-0.3, -0.25) is 19.2 Å². The molecule has 196 valence electrons. The number of nitrogens with zero attached hydrogens (tertiary/aromatic N) is 7. The minimum Gasteiger partial charge on any atom is -0.497 e. The number of aromatic nitrogens is 5. The Morgan fingerprint density at radius 3 is 2.79 bits per heavy atom. The molecule has 38 heavy (non-hydrogen) atoms. The van der Waals surface area contributed by atoms with Gasteiger partial charge < -0.3 is 15.0 Å². The van der Waals surface area contributed by atoms with Crippen molar-refractivity contribution >= 4 is 23.3 Å². The number of carbonyl (C=O) groups excluding carboxylic acids is 1. The lowest BCUT2D eigenvalue weighted by atomic mass is 10.1. The largest absolute Gasteiger partial charge is 0.497 e. The van der Waals surface area contributed by atoms with Crippen molar-refractivity contribution in [3.05, 3.63) is 89.9 Å². The maximum Gasteiger partial charge on any atom is 0.238 e. The van der Waals surface area contributed by atoms with E-state index in [4.69, 9.17) is 21.3 Å². The second-order valence-corrected chi connectivity index (χ2v) is 9.48. The summed E-state index contributed by atoms with van der Waals surface area (Å²) in [4.78, 5) is 35.1. The first-order valence-electron chi connectivity index (χ1n) is 12.4. The Kier molecular flexibility index (Phi) is 8.10. The molecule has 0 spiro atoms. The summed E-state index contributed by atoms with van der Waals surface area (Å²) in [7, 11) is 1.63. The molecule has 11 heteroatoms. The average molecular weight is 533 g/mol. The molecule has 1 atom stereocenters. The predicted octanol–water partition coefficient (Wildman–Crippen LogP) is 3.12. The number of anilines is 1. The number of rotatable bonds is 9. The Morgan fingerprint density at radius 2 is 2.00 bits per heavy atom. The van der Waals surface area contributed by atoms with Crippen molar-refractivity contribution < 1.29 is 9.53 Å². The van der Waals surface area contributed by atoms with Crippen LogP contribution in [0.1, 0.15) is 17.5 Å². The molecule has 1 saturated heterocycles. The third-order valence-electron chi connectivity index (χ3n) is 6.44. The number of imidazole rings is 1. The fourth-order valence-electron chi connectivity index (χ4n) is 4.59. The molecule has 0 saturated carbocycles. The van der Waals surface area contributed by atoms with Crippen LogP contribution in [0, 0.1) is 0 Å². The zero-order chi connectivity index (χ0) is 26.3. The summed E-state index contributed by atoms with van der Waals surface area (Å²) >= 11 is 6.40. The Bertz CT molecular complexity index is 1350. The standard InChI is InChI=1S/C27H29ClN8O2/c1-38-23-6-2-4-20(12-23)16-31-26(37)13-22-18-34(17-21-5-3-7-29-15-21)10-11-36(22)25-14-24(28)32-27(33-25)35-9-8-30-19-35/h2-9,12,14-15,19,22H,10-11,13,16-18H2,1H3,(H,31,37). The van der Waals surface area contributed by atoms with Gasteiger partial charge in [0.15, 0.2) is 0 Å². The van der Waals surface area contributed by atoms with Crippen LogP contribution in [0.2, 0.25) is 5.15 Å². The lowest BCUT2D eigenvalue weighted by Gasteiger charge is -2.42. The summed E-state index contributed by atoms with van der Waals surface area (Å²) in [5, 5.41) is 3.39. The highest BCUT2D eigenvalue weighted by Crippen LogP contribution is 2.25. The first-order valence-corrected chi connectivity index (χ1v) is 12.8. The summed E-state index contributed by atoms with van der Waals surface area (Å²) in [6.07, 6.45) is 9.01. The van der Waals surface area contributed by atoms with Crippen molar-refractivity contribution in [2.24, 2.45) is 0 Å². The molecule has 0 bridgehead atoms. The number of benzene rings is 1. The Labute approximate surface area is 226 Å². The van der Waals surface area contributed by atoms with E-state index in [2.05, 4.69) is 36.1 Å². The smallest absolute Gasteiger partial charge is 0.238 e. The number of carbonyl (C=O) groups is 1. The third kappa shape index (κ3) is 6.45. The third-order valence-corrected chi connectivity index (χ3v) is 6.63. The molecule has 3 aromatic heterocycles. The van der Waals surface area contributed by atoms with E-state index in [1.165, 1.54) is 0 Å². The molecule has 0 aliphatic carbocycles. The summed E-state index contributed by atoms with van der Waals surface area (Å²) in [5.74, 6) is 1.83. The van der Waals surface area contributed by atoms with Crippen LogP contribution in [0.15, 0.2) is 73.6 Å². The van der Waals surface area contributed by atoms with Crippen LogP contribution in [0.25, 0.3) is 5.95 Å². The van der Waals surface area contributed by atoms with Crippen LogP contribution >= 0.6 is 11.6 Å². The van der Waals surface area contributed by atoms with Crippen molar-refractivity contribution in [1.29, 1.82) is 0 Å². The van der Waals surface area contributed by atoms with Crippen LogP contribution in [0.5, 0.6) is 5.75 Å². The second-order valence-electron chi connectivity index (χ2n) is 9.09. The molecule has 1 aliphatic rings. The molecule has 1 amide bonds. The van der Waals surface area contributed by atoms with E-state index in [1.807, 2.05) is 36.5 Å². The van der Waals surface area contributed by atoms with Crippen molar-refractivity contribution in [3.63, 3.8) is 0 Å². The quantitative estimate of drug-likeness (QED) is 0.328. The van der Waals surface area contributed by atoms with Gasteiger partial charge in [-0.2, -0.15) is 4.98 Å². The molecule has 4 aromatic rings. The van der Waals surface area contributed by atoms with Gasteiger partial charge in [-0.1, -0.05) is 29.8 Å². The van der Waals surface area contributed by atoms with E-state index >= 15 is 0 Å². The van der Waals surface area contributed by atoms with E-state index in [9.17, 15) is 4.79 Å². The minimum atomic E-state index is -0.118. The molecule has 1 aromatic carbocycles.